The van der Waals surface area contributed by atoms with Crippen molar-refractivity contribution in [2.75, 3.05) is 4.90 Å². The molecule has 12 rings (SSSR count). The van der Waals surface area contributed by atoms with Crippen molar-refractivity contribution in [3.63, 3.8) is 0 Å². The largest absolute Gasteiger partial charge is 0.485 e. The summed E-state index contributed by atoms with van der Waals surface area (Å²) >= 11 is 0. The van der Waals surface area contributed by atoms with Crippen LogP contribution in [0.2, 0.25) is 0 Å². The van der Waals surface area contributed by atoms with E-state index in [-0.39, 0.29) is 17.4 Å². The topological polar surface area (TPSA) is 12.5 Å². The molecule has 1 aliphatic heterocycles. The van der Waals surface area contributed by atoms with Gasteiger partial charge in [0.1, 0.15) is 11.9 Å². The number of hydrogen-bond acceptors (Lipinski definition) is 2. The molecule has 2 nitrogen and oxygen atoms in total. The van der Waals surface area contributed by atoms with Gasteiger partial charge in [-0.15, -0.1) is 0 Å². The molecule has 4 saturated carbocycles. The molecule has 51 heavy (non-hydrogen) atoms. The Morgan fingerprint density at radius 1 is 0.588 bits per heavy atom. The molecule has 6 aliphatic carbocycles. The van der Waals surface area contributed by atoms with Crippen LogP contribution in [0.25, 0.3) is 22.3 Å². The van der Waals surface area contributed by atoms with Crippen molar-refractivity contribution in [3.05, 3.63) is 156 Å². The first-order valence-corrected chi connectivity index (χ1v) is 19.3. The maximum absolute atomic E-state index is 6.52. The fraction of sp³-hybridized carbons (Fsp3) is 0.306. The summed E-state index contributed by atoms with van der Waals surface area (Å²) < 4.78 is 6.52. The molecule has 2 heteroatoms. The van der Waals surface area contributed by atoms with Gasteiger partial charge in [0.05, 0.1) is 0 Å². The first-order valence-electron chi connectivity index (χ1n) is 19.3. The van der Waals surface area contributed by atoms with E-state index in [1.165, 1.54) is 77.5 Å². The van der Waals surface area contributed by atoms with Crippen LogP contribution in [0, 0.1) is 17.8 Å². The maximum atomic E-state index is 6.52. The summed E-state index contributed by atoms with van der Waals surface area (Å²) in [6.45, 7) is 4.72. The highest BCUT2D eigenvalue weighted by molar-refractivity contribution is 5.86. The third-order valence-corrected chi connectivity index (χ3v) is 13.8. The highest BCUT2D eigenvalue weighted by Crippen LogP contribution is 2.61. The molecule has 0 amide bonds. The van der Waals surface area contributed by atoms with E-state index in [0.29, 0.717) is 5.41 Å². The molecule has 2 atom stereocenters. The third kappa shape index (κ3) is 4.54. The molecule has 7 aliphatic rings. The number of rotatable bonds is 5. The molecule has 4 bridgehead atoms. The molecular formula is C49H45NO. The van der Waals surface area contributed by atoms with Gasteiger partial charge in [-0.2, -0.15) is 0 Å². The lowest BCUT2D eigenvalue weighted by Crippen LogP contribution is -2.48. The van der Waals surface area contributed by atoms with Crippen molar-refractivity contribution < 1.29 is 4.74 Å². The predicted octanol–water partition coefficient (Wildman–Crippen LogP) is 12.6. The summed E-state index contributed by atoms with van der Waals surface area (Å²) in [5.74, 6) is 4.16. The lowest BCUT2D eigenvalue weighted by molar-refractivity contribution is -0.00518. The summed E-state index contributed by atoms with van der Waals surface area (Å²) in [7, 11) is 0. The average molecular weight is 664 g/mol. The van der Waals surface area contributed by atoms with Crippen molar-refractivity contribution in [1.82, 2.24) is 0 Å². The zero-order valence-electron chi connectivity index (χ0n) is 29.7. The van der Waals surface area contributed by atoms with E-state index in [1.54, 1.807) is 5.56 Å². The molecule has 5 aromatic carbocycles. The van der Waals surface area contributed by atoms with Gasteiger partial charge in [0, 0.05) is 40.0 Å². The van der Waals surface area contributed by atoms with Gasteiger partial charge in [0.2, 0.25) is 0 Å². The van der Waals surface area contributed by atoms with Crippen LogP contribution in [-0.2, 0) is 10.8 Å². The van der Waals surface area contributed by atoms with E-state index in [9.17, 15) is 0 Å². The van der Waals surface area contributed by atoms with Gasteiger partial charge in [-0.1, -0.05) is 105 Å². The van der Waals surface area contributed by atoms with E-state index >= 15 is 0 Å². The Morgan fingerprint density at radius 3 is 1.94 bits per heavy atom. The Hall–Kier alpha value is -4.82. The normalized spacial score (nSPS) is 28.2. The van der Waals surface area contributed by atoms with Crippen LogP contribution in [0.3, 0.4) is 0 Å². The number of hydrogen-bond donors (Lipinski definition) is 0. The average Bonchev–Trinajstić information content (AvgIpc) is 3.63. The number of fused-ring (bicyclic) bond motifs is 6. The highest BCUT2D eigenvalue weighted by atomic mass is 16.5. The van der Waals surface area contributed by atoms with Crippen molar-refractivity contribution in [2.45, 2.75) is 75.2 Å². The van der Waals surface area contributed by atoms with Gasteiger partial charge in [0.15, 0.2) is 0 Å². The molecule has 4 fully saturated rings. The number of benzene rings is 5. The van der Waals surface area contributed by atoms with Crippen LogP contribution in [0.5, 0.6) is 5.75 Å². The summed E-state index contributed by atoms with van der Waals surface area (Å²) in [6, 6.07) is 41.7. The molecule has 0 aromatic heterocycles. The lowest BCUT2D eigenvalue weighted by Gasteiger charge is -2.57. The lowest BCUT2D eigenvalue weighted by atomic mass is 9.48. The minimum atomic E-state index is -0.0742. The number of anilines is 3. The molecule has 0 radical (unpaired) electrons. The van der Waals surface area contributed by atoms with Crippen LogP contribution in [0.1, 0.15) is 80.5 Å². The van der Waals surface area contributed by atoms with Crippen LogP contribution < -0.4 is 9.64 Å². The molecule has 2 unspecified atom stereocenters. The molecule has 1 heterocycles. The number of allylic oxidation sites excluding steroid dienone is 2. The highest BCUT2D eigenvalue weighted by Gasteiger charge is 2.51. The minimum absolute atomic E-state index is 0.0709. The number of ether oxygens (including phenoxy) is 1. The van der Waals surface area contributed by atoms with Crippen molar-refractivity contribution in [2.24, 2.45) is 17.8 Å². The van der Waals surface area contributed by atoms with E-state index in [0.717, 1.165) is 40.6 Å². The Labute approximate surface area is 302 Å². The predicted molar refractivity (Wildman–Crippen MR) is 209 cm³/mol. The van der Waals surface area contributed by atoms with Crippen LogP contribution in [0.4, 0.5) is 17.1 Å². The summed E-state index contributed by atoms with van der Waals surface area (Å²) in [5, 5.41) is 0. The molecule has 0 saturated heterocycles. The number of nitrogens with zero attached hydrogens (tertiary/aromatic N) is 1. The Kier molecular flexibility index (Phi) is 6.35. The van der Waals surface area contributed by atoms with Crippen molar-refractivity contribution >= 4 is 17.1 Å². The zero-order chi connectivity index (χ0) is 33.9. The molecule has 252 valence electrons. The SMILES string of the molecule is CC1(C)c2ccccc2-c2ccc(N(c3ccc(-c4ccc(C56CC7CC(CC(C7)C5)C6)cc4)cc3)c3ccc4c(c3)OC3C=CC=CC43)cc21. The standard InChI is InChI=1S/C49H45NO/c1-48(2)44-9-5-3-7-40(44)41-21-19-38(26-45(41)48)50(39-20-22-43-42-8-4-6-10-46(42)51-47(43)27-39)37-17-13-35(14-18-37)34-11-15-36(16-12-34)49-28-31-23-32(29-49)25-33(24-31)30-49/h3-22,26-27,31-33,42,46H,23-25,28-30H2,1-2H3. The van der Waals surface area contributed by atoms with E-state index in [1.807, 2.05) is 0 Å². The van der Waals surface area contributed by atoms with Gasteiger partial charge < -0.3 is 9.64 Å². The fourth-order valence-electron chi connectivity index (χ4n) is 11.7. The molecule has 0 spiro atoms. The van der Waals surface area contributed by atoms with Gasteiger partial charge in [-0.3, -0.25) is 0 Å². The zero-order valence-corrected chi connectivity index (χ0v) is 29.7. The quantitative estimate of drug-likeness (QED) is 0.186. The first kappa shape index (κ1) is 29.9. The second-order valence-electron chi connectivity index (χ2n) is 17.2. The summed E-state index contributed by atoms with van der Waals surface area (Å²) in [4.78, 5) is 2.41. The van der Waals surface area contributed by atoms with Crippen LogP contribution >= 0.6 is 0 Å². The summed E-state index contributed by atoms with van der Waals surface area (Å²) in [6.07, 6.45) is 17.5. The summed E-state index contributed by atoms with van der Waals surface area (Å²) in [5.41, 5.74) is 14.7. The Balaban J connectivity index is 0.959. The van der Waals surface area contributed by atoms with Crippen LogP contribution in [-0.4, -0.2) is 6.10 Å². The Bertz CT molecular complexity index is 2220. The van der Waals surface area contributed by atoms with Crippen molar-refractivity contribution in [3.8, 4) is 28.0 Å². The molecule has 5 aromatic rings. The van der Waals surface area contributed by atoms with Gasteiger partial charge >= 0.3 is 0 Å². The second kappa shape index (κ2) is 10.8. The van der Waals surface area contributed by atoms with Crippen molar-refractivity contribution in [1.29, 1.82) is 0 Å². The first-order chi connectivity index (χ1) is 24.9. The van der Waals surface area contributed by atoms with E-state index in [4.69, 9.17) is 4.74 Å². The maximum Gasteiger partial charge on any atom is 0.128 e. The van der Waals surface area contributed by atoms with Crippen LogP contribution in [0.15, 0.2) is 133 Å². The van der Waals surface area contributed by atoms with E-state index < -0.39 is 0 Å². The molecular weight excluding hydrogens is 619 g/mol. The van der Waals surface area contributed by atoms with Gasteiger partial charge in [0.25, 0.3) is 0 Å². The second-order valence-corrected chi connectivity index (χ2v) is 17.2. The van der Waals surface area contributed by atoms with Gasteiger partial charge in [-0.25, -0.2) is 0 Å². The monoisotopic (exact) mass is 663 g/mol. The minimum Gasteiger partial charge on any atom is -0.485 e. The van der Waals surface area contributed by atoms with E-state index in [2.05, 4.69) is 152 Å². The fourth-order valence-corrected chi connectivity index (χ4v) is 11.7. The smallest absolute Gasteiger partial charge is 0.128 e. The third-order valence-electron chi connectivity index (χ3n) is 13.8. The van der Waals surface area contributed by atoms with Gasteiger partial charge in [-0.05, 0) is 137 Å². The molecule has 0 N–H and O–H groups in total. The Morgan fingerprint density at radius 2 is 1.20 bits per heavy atom.